The lowest BCUT2D eigenvalue weighted by atomic mass is 10.1. The van der Waals surface area contributed by atoms with Crippen molar-refractivity contribution in [3.63, 3.8) is 0 Å². The van der Waals surface area contributed by atoms with Crippen LogP contribution >= 0.6 is 0 Å². The molecule has 2 N–H and O–H groups in total. The number of amides is 1. The van der Waals surface area contributed by atoms with Crippen LogP contribution in [0.4, 0.5) is 5.69 Å². The summed E-state index contributed by atoms with van der Waals surface area (Å²) in [6.45, 7) is 7.83. The molecular formula is C20H23N5O3. The van der Waals surface area contributed by atoms with Crippen LogP contribution in [0.1, 0.15) is 46.0 Å². The quantitative estimate of drug-likeness (QED) is 0.683. The number of carboxylic acids is 1. The van der Waals surface area contributed by atoms with E-state index in [9.17, 15) is 14.7 Å². The maximum absolute atomic E-state index is 12.7. The first-order chi connectivity index (χ1) is 13.3. The Morgan fingerprint density at radius 2 is 1.96 bits per heavy atom. The highest BCUT2D eigenvalue weighted by molar-refractivity contribution is 6.04. The minimum absolute atomic E-state index is 0.181. The van der Waals surface area contributed by atoms with Gasteiger partial charge >= 0.3 is 5.97 Å². The van der Waals surface area contributed by atoms with Crippen molar-refractivity contribution >= 4 is 17.6 Å². The fourth-order valence-corrected chi connectivity index (χ4v) is 3.10. The molecule has 0 bridgehead atoms. The first-order valence-electron chi connectivity index (χ1n) is 8.95. The Morgan fingerprint density at radius 3 is 2.64 bits per heavy atom. The van der Waals surface area contributed by atoms with Crippen molar-refractivity contribution in [3.05, 3.63) is 64.7 Å². The fourth-order valence-electron chi connectivity index (χ4n) is 3.10. The number of nitrogens with one attached hydrogen (secondary N) is 1. The summed E-state index contributed by atoms with van der Waals surface area (Å²) in [5, 5.41) is 20.6. The summed E-state index contributed by atoms with van der Waals surface area (Å²) in [5.41, 5.74) is 4.61. The van der Waals surface area contributed by atoms with Gasteiger partial charge in [-0.1, -0.05) is 29.8 Å². The van der Waals surface area contributed by atoms with Crippen LogP contribution in [0.2, 0.25) is 0 Å². The number of benzene rings is 1. The van der Waals surface area contributed by atoms with Gasteiger partial charge in [0.1, 0.15) is 11.7 Å². The van der Waals surface area contributed by atoms with E-state index in [1.165, 1.54) is 29.4 Å². The summed E-state index contributed by atoms with van der Waals surface area (Å²) in [6.07, 6.45) is 1.41. The molecule has 146 valence electrons. The summed E-state index contributed by atoms with van der Waals surface area (Å²) < 4.78 is 3.04. The van der Waals surface area contributed by atoms with Crippen LogP contribution in [-0.4, -0.2) is 36.5 Å². The third-order valence-electron chi connectivity index (χ3n) is 4.66. The third kappa shape index (κ3) is 3.80. The first kappa shape index (κ1) is 19.3. The van der Waals surface area contributed by atoms with Gasteiger partial charge in [0.2, 0.25) is 0 Å². The molecule has 2 aromatic heterocycles. The van der Waals surface area contributed by atoms with Crippen molar-refractivity contribution in [1.82, 2.24) is 19.6 Å². The Labute approximate surface area is 162 Å². The van der Waals surface area contributed by atoms with Crippen molar-refractivity contribution in [1.29, 1.82) is 0 Å². The highest BCUT2D eigenvalue weighted by Gasteiger charge is 2.23. The van der Waals surface area contributed by atoms with E-state index in [0.29, 0.717) is 17.9 Å². The van der Waals surface area contributed by atoms with Crippen molar-refractivity contribution in [3.8, 4) is 0 Å². The van der Waals surface area contributed by atoms with Gasteiger partial charge in [0.05, 0.1) is 23.6 Å². The molecule has 2 heterocycles. The van der Waals surface area contributed by atoms with Crippen molar-refractivity contribution < 1.29 is 14.7 Å². The molecule has 1 atom stereocenters. The zero-order chi connectivity index (χ0) is 20.4. The van der Waals surface area contributed by atoms with Crippen LogP contribution in [0, 0.1) is 20.8 Å². The van der Waals surface area contributed by atoms with Crippen LogP contribution in [0.5, 0.6) is 0 Å². The lowest BCUT2D eigenvalue weighted by Gasteiger charge is -2.12. The number of anilines is 1. The average molecular weight is 381 g/mol. The molecule has 3 aromatic rings. The number of carboxylic acid groups (broad SMARTS) is 1. The van der Waals surface area contributed by atoms with Crippen molar-refractivity contribution in [2.45, 2.75) is 40.3 Å². The minimum atomic E-state index is -1.06. The zero-order valence-corrected chi connectivity index (χ0v) is 16.3. The SMILES string of the molecule is Cc1cccc(Cn2nc(C)c(NC(=O)c3ccnn3C(C)C(=O)O)c2C)c1. The van der Waals surface area contributed by atoms with Gasteiger partial charge in [-0.25, -0.2) is 9.48 Å². The van der Waals surface area contributed by atoms with Crippen molar-refractivity contribution in [2.75, 3.05) is 5.32 Å². The lowest BCUT2D eigenvalue weighted by molar-refractivity contribution is -0.140. The molecule has 1 amide bonds. The molecule has 0 aliphatic rings. The van der Waals surface area contributed by atoms with E-state index >= 15 is 0 Å². The zero-order valence-electron chi connectivity index (χ0n) is 16.3. The predicted octanol–water partition coefficient (Wildman–Crippen LogP) is 2.95. The Balaban J connectivity index is 1.84. The first-order valence-corrected chi connectivity index (χ1v) is 8.95. The Bertz CT molecular complexity index is 1030. The van der Waals surface area contributed by atoms with Crippen molar-refractivity contribution in [2.24, 2.45) is 0 Å². The third-order valence-corrected chi connectivity index (χ3v) is 4.66. The number of aryl methyl sites for hydroxylation is 2. The Hall–Kier alpha value is -3.42. The maximum Gasteiger partial charge on any atom is 0.328 e. The number of hydrogen-bond donors (Lipinski definition) is 2. The van der Waals surface area contributed by atoms with Gasteiger partial charge in [-0.05, 0) is 39.3 Å². The van der Waals surface area contributed by atoms with Crippen LogP contribution in [0.15, 0.2) is 36.5 Å². The molecule has 1 aromatic carbocycles. The van der Waals surface area contributed by atoms with E-state index in [1.54, 1.807) is 0 Å². The molecule has 1 unspecified atom stereocenters. The molecule has 0 aliphatic carbocycles. The maximum atomic E-state index is 12.7. The van der Waals surface area contributed by atoms with Crippen LogP contribution in [-0.2, 0) is 11.3 Å². The molecule has 0 saturated carbocycles. The molecule has 0 radical (unpaired) electrons. The normalized spacial score (nSPS) is 12.0. The molecule has 28 heavy (non-hydrogen) atoms. The summed E-state index contributed by atoms with van der Waals surface area (Å²) in [5.74, 6) is -1.48. The van der Waals surface area contributed by atoms with E-state index in [-0.39, 0.29) is 5.69 Å². The summed E-state index contributed by atoms with van der Waals surface area (Å²) in [6, 6.07) is 8.73. The highest BCUT2D eigenvalue weighted by atomic mass is 16.4. The van der Waals surface area contributed by atoms with E-state index in [1.807, 2.05) is 43.7 Å². The number of rotatable bonds is 6. The molecule has 8 heteroatoms. The minimum Gasteiger partial charge on any atom is -0.480 e. The van der Waals surface area contributed by atoms with Crippen LogP contribution < -0.4 is 5.32 Å². The van der Waals surface area contributed by atoms with Gasteiger partial charge in [0.15, 0.2) is 0 Å². The molecule has 0 aliphatic heterocycles. The number of carbonyl (C=O) groups excluding carboxylic acids is 1. The highest BCUT2D eigenvalue weighted by Crippen LogP contribution is 2.22. The number of carbonyl (C=O) groups is 2. The molecule has 3 rings (SSSR count). The fraction of sp³-hybridized carbons (Fsp3) is 0.300. The second-order valence-electron chi connectivity index (χ2n) is 6.82. The summed E-state index contributed by atoms with van der Waals surface area (Å²) in [7, 11) is 0. The number of aliphatic carboxylic acids is 1. The topological polar surface area (TPSA) is 102 Å². The van der Waals surface area contributed by atoms with Crippen LogP contribution in [0.25, 0.3) is 0 Å². The average Bonchev–Trinajstić information content (AvgIpc) is 3.22. The van der Waals surface area contributed by atoms with E-state index in [2.05, 4.69) is 21.6 Å². The monoisotopic (exact) mass is 381 g/mol. The molecular weight excluding hydrogens is 358 g/mol. The second kappa shape index (κ2) is 7.67. The summed E-state index contributed by atoms with van der Waals surface area (Å²) in [4.78, 5) is 24.0. The lowest BCUT2D eigenvalue weighted by Crippen LogP contribution is -2.24. The van der Waals surface area contributed by atoms with E-state index < -0.39 is 17.9 Å². The number of nitrogens with zero attached hydrogens (tertiary/aromatic N) is 4. The Morgan fingerprint density at radius 1 is 1.21 bits per heavy atom. The summed E-state index contributed by atoms with van der Waals surface area (Å²) >= 11 is 0. The number of hydrogen-bond acceptors (Lipinski definition) is 4. The van der Waals surface area contributed by atoms with Gasteiger partial charge in [-0.2, -0.15) is 10.2 Å². The van der Waals surface area contributed by atoms with Gasteiger partial charge < -0.3 is 10.4 Å². The standard InChI is InChI=1S/C20H23N5O3/c1-12-6-5-7-16(10-12)11-24-14(3)18(13(2)23-24)22-19(26)17-8-9-21-25(17)15(4)20(27)28/h5-10,15H,11H2,1-4H3,(H,22,26)(H,27,28). The second-order valence-corrected chi connectivity index (χ2v) is 6.82. The van der Waals surface area contributed by atoms with Gasteiger partial charge in [-0.15, -0.1) is 0 Å². The van der Waals surface area contributed by atoms with E-state index in [0.717, 1.165) is 11.3 Å². The Kier molecular flexibility index (Phi) is 5.30. The molecule has 0 saturated heterocycles. The molecule has 0 fully saturated rings. The van der Waals surface area contributed by atoms with Gasteiger partial charge in [0, 0.05) is 6.20 Å². The predicted molar refractivity (Wildman–Crippen MR) is 105 cm³/mol. The number of aromatic nitrogens is 4. The van der Waals surface area contributed by atoms with E-state index in [4.69, 9.17) is 0 Å². The van der Waals surface area contributed by atoms with Crippen LogP contribution in [0.3, 0.4) is 0 Å². The molecule has 8 nitrogen and oxygen atoms in total. The smallest absolute Gasteiger partial charge is 0.328 e. The van der Waals surface area contributed by atoms with Gasteiger partial charge in [-0.3, -0.25) is 9.48 Å². The molecule has 0 spiro atoms. The van der Waals surface area contributed by atoms with Gasteiger partial charge in [0.25, 0.3) is 5.91 Å². The largest absolute Gasteiger partial charge is 0.480 e.